The highest BCUT2D eigenvalue weighted by atomic mass is 16.4. The third-order valence-electron chi connectivity index (χ3n) is 2.41. The van der Waals surface area contributed by atoms with Crippen molar-refractivity contribution in [2.45, 2.75) is 47.0 Å². The van der Waals surface area contributed by atoms with Crippen LogP contribution in [-0.2, 0) is 17.6 Å². The van der Waals surface area contributed by atoms with Gasteiger partial charge in [0.05, 0.1) is 6.20 Å². The lowest BCUT2D eigenvalue weighted by Gasteiger charge is -2.22. The van der Waals surface area contributed by atoms with Gasteiger partial charge in [-0.25, -0.2) is 4.98 Å². The molecule has 0 radical (unpaired) electrons. The van der Waals surface area contributed by atoms with Crippen molar-refractivity contribution in [2.24, 2.45) is 11.3 Å². The summed E-state index contributed by atoms with van der Waals surface area (Å²) >= 11 is 0. The first-order valence-corrected chi connectivity index (χ1v) is 5.91. The molecule has 0 aliphatic heterocycles. The molecular formula is C13H21NO3. The van der Waals surface area contributed by atoms with Crippen LogP contribution in [0.4, 0.5) is 0 Å². The molecule has 0 spiro atoms. The molecule has 0 saturated heterocycles. The second-order valence-corrected chi connectivity index (χ2v) is 5.86. The minimum absolute atomic E-state index is 0.0966. The molecule has 4 nitrogen and oxygen atoms in total. The summed E-state index contributed by atoms with van der Waals surface area (Å²) in [6, 6.07) is 0. The fourth-order valence-electron chi connectivity index (χ4n) is 2.09. The SMILES string of the molecule is C[C@@H](Cc1ncc(CC(=O)O)o1)CC(C)(C)C. The van der Waals surface area contributed by atoms with E-state index < -0.39 is 5.97 Å². The van der Waals surface area contributed by atoms with Crippen LogP contribution in [0.2, 0.25) is 0 Å². The molecule has 0 bridgehead atoms. The molecule has 1 atom stereocenters. The molecule has 0 aromatic carbocycles. The van der Waals surface area contributed by atoms with Crippen molar-refractivity contribution in [3.05, 3.63) is 17.8 Å². The zero-order valence-electron chi connectivity index (χ0n) is 11.0. The first-order chi connectivity index (χ1) is 7.76. The van der Waals surface area contributed by atoms with E-state index in [0.29, 0.717) is 17.6 Å². The van der Waals surface area contributed by atoms with E-state index in [9.17, 15) is 4.79 Å². The Labute approximate surface area is 102 Å². The number of hydrogen-bond donors (Lipinski definition) is 1. The van der Waals surface area contributed by atoms with Gasteiger partial charge < -0.3 is 9.52 Å². The normalized spacial score (nSPS) is 13.6. The van der Waals surface area contributed by atoms with Gasteiger partial charge in [-0.2, -0.15) is 0 Å². The number of aliphatic carboxylic acids is 1. The molecule has 1 heterocycles. The average Bonchev–Trinajstić information content (AvgIpc) is 2.46. The zero-order chi connectivity index (χ0) is 13.1. The van der Waals surface area contributed by atoms with Crippen LogP contribution in [0.1, 0.15) is 45.8 Å². The number of oxazole rings is 1. The first-order valence-electron chi connectivity index (χ1n) is 5.91. The Morgan fingerprint density at radius 2 is 2.18 bits per heavy atom. The molecule has 0 amide bonds. The lowest BCUT2D eigenvalue weighted by molar-refractivity contribution is -0.136. The summed E-state index contributed by atoms with van der Waals surface area (Å²) in [4.78, 5) is 14.6. The summed E-state index contributed by atoms with van der Waals surface area (Å²) < 4.78 is 5.39. The topological polar surface area (TPSA) is 63.3 Å². The minimum atomic E-state index is -0.893. The van der Waals surface area contributed by atoms with Gasteiger partial charge in [0.25, 0.3) is 0 Å². The maximum absolute atomic E-state index is 10.5. The number of rotatable bonds is 5. The largest absolute Gasteiger partial charge is 0.481 e. The van der Waals surface area contributed by atoms with E-state index in [0.717, 1.165) is 12.8 Å². The molecule has 4 heteroatoms. The summed E-state index contributed by atoms with van der Waals surface area (Å²) in [5, 5.41) is 8.62. The number of carboxylic acid groups (broad SMARTS) is 1. The average molecular weight is 239 g/mol. The monoisotopic (exact) mass is 239 g/mol. The molecule has 1 aromatic heterocycles. The Balaban J connectivity index is 2.51. The second-order valence-electron chi connectivity index (χ2n) is 5.86. The molecule has 0 aliphatic carbocycles. The quantitative estimate of drug-likeness (QED) is 0.858. The molecule has 1 aromatic rings. The van der Waals surface area contributed by atoms with E-state index >= 15 is 0 Å². The number of carboxylic acids is 1. The van der Waals surface area contributed by atoms with Crippen molar-refractivity contribution in [1.29, 1.82) is 0 Å². The molecule has 0 fully saturated rings. The van der Waals surface area contributed by atoms with E-state index in [4.69, 9.17) is 9.52 Å². The fraction of sp³-hybridized carbons (Fsp3) is 0.692. The van der Waals surface area contributed by atoms with Gasteiger partial charge in [-0.1, -0.05) is 27.7 Å². The predicted molar refractivity (Wildman–Crippen MR) is 64.8 cm³/mol. The van der Waals surface area contributed by atoms with Crippen LogP contribution in [0.5, 0.6) is 0 Å². The van der Waals surface area contributed by atoms with Gasteiger partial charge in [-0.05, 0) is 17.8 Å². The van der Waals surface area contributed by atoms with Gasteiger partial charge in [0.2, 0.25) is 0 Å². The zero-order valence-corrected chi connectivity index (χ0v) is 11.0. The van der Waals surface area contributed by atoms with Crippen LogP contribution in [0.15, 0.2) is 10.6 Å². The third-order valence-corrected chi connectivity index (χ3v) is 2.41. The van der Waals surface area contributed by atoms with Crippen LogP contribution in [0, 0.1) is 11.3 Å². The lowest BCUT2D eigenvalue weighted by atomic mass is 9.84. The van der Waals surface area contributed by atoms with Gasteiger partial charge in [0, 0.05) is 6.42 Å². The number of aromatic nitrogens is 1. The first kappa shape index (κ1) is 13.7. The maximum Gasteiger partial charge on any atom is 0.311 e. The standard InChI is InChI=1S/C13H21NO3/c1-9(7-13(2,3)4)5-11-14-8-10(17-11)6-12(15)16/h8-9H,5-7H2,1-4H3,(H,15,16)/t9-/m0/s1. The molecule has 0 aliphatic rings. The van der Waals surface area contributed by atoms with Gasteiger partial charge in [-0.3, -0.25) is 4.79 Å². The van der Waals surface area contributed by atoms with Crippen molar-refractivity contribution < 1.29 is 14.3 Å². The van der Waals surface area contributed by atoms with Crippen LogP contribution >= 0.6 is 0 Å². The van der Waals surface area contributed by atoms with E-state index in [-0.39, 0.29) is 11.8 Å². The summed E-state index contributed by atoms with van der Waals surface area (Å²) in [6.45, 7) is 8.77. The summed E-state index contributed by atoms with van der Waals surface area (Å²) in [5.74, 6) is 0.648. The van der Waals surface area contributed by atoms with Crippen molar-refractivity contribution >= 4 is 5.97 Å². The molecule has 17 heavy (non-hydrogen) atoms. The highest BCUT2D eigenvalue weighted by molar-refractivity contribution is 5.69. The van der Waals surface area contributed by atoms with Crippen molar-refractivity contribution in [2.75, 3.05) is 0 Å². The van der Waals surface area contributed by atoms with Crippen molar-refractivity contribution in [3.8, 4) is 0 Å². The maximum atomic E-state index is 10.5. The Kier molecular flexibility index (Phi) is 4.32. The molecule has 1 rings (SSSR count). The third kappa shape index (κ3) is 5.52. The van der Waals surface area contributed by atoms with Crippen molar-refractivity contribution in [3.63, 3.8) is 0 Å². The summed E-state index contributed by atoms with van der Waals surface area (Å²) in [7, 11) is 0. The number of hydrogen-bond acceptors (Lipinski definition) is 3. The molecular weight excluding hydrogens is 218 g/mol. The van der Waals surface area contributed by atoms with Gasteiger partial charge in [0.1, 0.15) is 12.2 Å². The van der Waals surface area contributed by atoms with E-state index in [1.54, 1.807) is 0 Å². The van der Waals surface area contributed by atoms with Crippen LogP contribution < -0.4 is 0 Å². The number of nitrogens with zero attached hydrogens (tertiary/aromatic N) is 1. The second kappa shape index (κ2) is 5.34. The minimum Gasteiger partial charge on any atom is -0.481 e. The summed E-state index contributed by atoms with van der Waals surface area (Å²) in [5.41, 5.74) is 0.288. The Morgan fingerprint density at radius 1 is 1.53 bits per heavy atom. The Hall–Kier alpha value is -1.32. The van der Waals surface area contributed by atoms with Gasteiger partial charge in [0.15, 0.2) is 5.89 Å². The van der Waals surface area contributed by atoms with E-state index in [2.05, 4.69) is 32.7 Å². The Bertz CT molecular complexity index is 376. The van der Waals surface area contributed by atoms with Gasteiger partial charge >= 0.3 is 5.97 Å². The lowest BCUT2D eigenvalue weighted by Crippen LogP contribution is -2.12. The predicted octanol–water partition coefficient (Wildman–Crippen LogP) is 2.92. The molecule has 0 saturated carbocycles. The highest BCUT2D eigenvalue weighted by Gasteiger charge is 2.17. The van der Waals surface area contributed by atoms with Crippen LogP contribution in [0.3, 0.4) is 0 Å². The Morgan fingerprint density at radius 3 is 2.71 bits per heavy atom. The van der Waals surface area contributed by atoms with Gasteiger partial charge in [-0.15, -0.1) is 0 Å². The summed E-state index contributed by atoms with van der Waals surface area (Å²) in [6.07, 6.45) is 3.26. The molecule has 1 N–H and O–H groups in total. The smallest absolute Gasteiger partial charge is 0.311 e. The molecule has 96 valence electrons. The van der Waals surface area contributed by atoms with Crippen LogP contribution in [0.25, 0.3) is 0 Å². The van der Waals surface area contributed by atoms with Crippen molar-refractivity contribution in [1.82, 2.24) is 4.98 Å². The highest BCUT2D eigenvalue weighted by Crippen LogP contribution is 2.26. The van der Waals surface area contributed by atoms with Crippen LogP contribution in [-0.4, -0.2) is 16.1 Å². The van der Waals surface area contributed by atoms with E-state index in [1.165, 1.54) is 6.20 Å². The number of carbonyl (C=O) groups is 1. The van der Waals surface area contributed by atoms with E-state index in [1.807, 2.05) is 0 Å². The fourth-order valence-corrected chi connectivity index (χ4v) is 2.09. The molecule has 0 unspecified atom stereocenters.